The van der Waals surface area contributed by atoms with E-state index in [2.05, 4.69) is 12.1 Å². The molecule has 0 aliphatic carbocycles. The molecule has 12 heavy (non-hydrogen) atoms. The Hall–Kier alpha value is -0.860. The smallest absolute Gasteiger partial charge is 0.101 e. The molecule has 66 valence electrons. The number of hydrogen-bond donors (Lipinski definition) is 0. The average molecular weight is 165 g/mol. The Kier molecular flexibility index (Phi) is 3.26. The van der Waals surface area contributed by atoms with Crippen LogP contribution >= 0.6 is 0 Å². The Balaban J connectivity index is 2.59. The third-order valence-corrected chi connectivity index (χ3v) is 1.64. The van der Waals surface area contributed by atoms with Crippen molar-refractivity contribution in [2.45, 2.75) is 13.0 Å². The second kappa shape index (κ2) is 4.24. The lowest BCUT2D eigenvalue weighted by Crippen LogP contribution is -2.15. The van der Waals surface area contributed by atoms with E-state index in [1.54, 1.807) is 5.06 Å². The molecular formula is C10H15NO. The van der Waals surface area contributed by atoms with Gasteiger partial charge in [-0.3, -0.25) is 4.84 Å². The van der Waals surface area contributed by atoms with Gasteiger partial charge in [-0.2, -0.15) is 5.06 Å². The van der Waals surface area contributed by atoms with Crippen LogP contribution in [0, 0.1) is 0 Å². The predicted octanol–water partition coefficient (Wildman–Crippen LogP) is 2.24. The lowest BCUT2D eigenvalue weighted by Gasteiger charge is -2.17. The summed E-state index contributed by atoms with van der Waals surface area (Å²) in [5.41, 5.74) is 1.20. The molecule has 0 aromatic heterocycles. The van der Waals surface area contributed by atoms with Gasteiger partial charge in [0.25, 0.3) is 0 Å². The van der Waals surface area contributed by atoms with Gasteiger partial charge in [-0.15, -0.1) is 0 Å². The van der Waals surface area contributed by atoms with Gasteiger partial charge < -0.3 is 0 Å². The van der Waals surface area contributed by atoms with Gasteiger partial charge in [0, 0.05) is 14.1 Å². The van der Waals surface area contributed by atoms with Crippen LogP contribution in [-0.2, 0) is 4.84 Å². The predicted molar refractivity (Wildman–Crippen MR) is 49.6 cm³/mol. The molecule has 0 aliphatic rings. The number of benzene rings is 1. The van der Waals surface area contributed by atoms with Crippen molar-refractivity contribution in [3.8, 4) is 0 Å². The van der Waals surface area contributed by atoms with Gasteiger partial charge in [-0.05, 0) is 12.5 Å². The first-order valence-electron chi connectivity index (χ1n) is 4.09. The number of nitrogens with zero attached hydrogens (tertiary/aromatic N) is 1. The van der Waals surface area contributed by atoms with Crippen molar-refractivity contribution in [2.75, 3.05) is 14.1 Å². The number of hydrogen-bond acceptors (Lipinski definition) is 2. The van der Waals surface area contributed by atoms with Crippen LogP contribution in [0.2, 0.25) is 0 Å². The van der Waals surface area contributed by atoms with Crippen molar-refractivity contribution >= 4 is 0 Å². The molecule has 0 N–H and O–H groups in total. The van der Waals surface area contributed by atoms with Crippen LogP contribution in [0.5, 0.6) is 0 Å². The topological polar surface area (TPSA) is 12.5 Å². The molecule has 0 radical (unpaired) electrons. The normalized spacial score (nSPS) is 13.3. The first-order chi connectivity index (χ1) is 5.70. The minimum atomic E-state index is 0.126. The molecule has 1 aromatic carbocycles. The maximum atomic E-state index is 5.47. The SMILES string of the molecule is CC(ON(C)C)c1ccccc1. The van der Waals surface area contributed by atoms with Crippen LogP contribution in [0.15, 0.2) is 30.3 Å². The molecule has 0 spiro atoms. The van der Waals surface area contributed by atoms with Crippen molar-refractivity contribution in [3.63, 3.8) is 0 Å². The van der Waals surface area contributed by atoms with Crippen molar-refractivity contribution in [2.24, 2.45) is 0 Å². The van der Waals surface area contributed by atoms with E-state index >= 15 is 0 Å². The molecule has 0 bridgehead atoms. The third kappa shape index (κ3) is 2.64. The van der Waals surface area contributed by atoms with E-state index in [-0.39, 0.29) is 6.10 Å². The molecule has 1 unspecified atom stereocenters. The van der Waals surface area contributed by atoms with Gasteiger partial charge in [-0.25, -0.2) is 0 Å². The highest BCUT2D eigenvalue weighted by molar-refractivity contribution is 5.16. The third-order valence-electron chi connectivity index (χ3n) is 1.64. The van der Waals surface area contributed by atoms with E-state index in [1.165, 1.54) is 5.56 Å². The molecule has 0 fully saturated rings. The zero-order chi connectivity index (χ0) is 8.97. The summed E-state index contributed by atoms with van der Waals surface area (Å²) < 4.78 is 0. The van der Waals surface area contributed by atoms with Crippen molar-refractivity contribution in [3.05, 3.63) is 35.9 Å². The summed E-state index contributed by atoms with van der Waals surface area (Å²) in [6.07, 6.45) is 0.126. The van der Waals surface area contributed by atoms with Gasteiger partial charge in [0.1, 0.15) is 6.10 Å². The number of rotatable bonds is 3. The summed E-state index contributed by atoms with van der Waals surface area (Å²) in [7, 11) is 3.78. The van der Waals surface area contributed by atoms with Crippen LogP contribution in [0.3, 0.4) is 0 Å². The molecule has 2 heteroatoms. The summed E-state index contributed by atoms with van der Waals surface area (Å²) in [6.45, 7) is 2.04. The zero-order valence-electron chi connectivity index (χ0n) is 7.82. The Labute approximate surface area is 73.7 Å². The quantitative estimate of drug-likeness (QED) is 0.637. The maximum absolute atomic E-state index is 5.47. The van der Waals surface area contributed by atoms with Gasteiger partial charge in [0.15, 0.2) is 0 Å². The van der Waals surface area contributed by atoms with Crippen molar-refractivity contribution in [1.29, 1.82) is 0 Å². The van der Waals surface area contributed by atoms with E-state index in [4.69, 9.17) is 4.84 Å². The van der Waals surface area contributed by atoms with Crippen molar-refractivity contribution < 1.29 is 4.84 Å². The molecule has 0 saturated heterocycles. The highest BCUT2D eigenvalue weighted by Crippen LogP contribution is 2.15. The fourth-order valence-electron chi connectivity index (χ4n) is 1.10. The van der Waals surface area contributed by atoms with Crippen LogP contribution in [-0.4, -0.2) is 19.2 Å². The number of hydroxylamine groups is 2. The standard InChI is InChI=1S/C10H15NO/c1-9(12-11(2)3)10-7-5-4-6-8-10/h4-9H,1-3H3. The molecule has 0 heterocycles. The van der Waals surface area contributed by atoms with Crippen LogP contribution in [0.4, 0.5) is 0 Å². The highest BCUT2D eigenvalue weighted by atomic mass is 16.7. The lowest BCUT2D eigenvalue weighted by molar-refractivity contribution is -0.160. The summed E-state index contributed by atoms with van der Waals surface area (Å²) in [4.78, 5) is 5.47. The second-order valence-electron chi connectivity index (χ2n) is 2.97. The Bertz CT molecular complexity index is 221. The molecule has 1 rings (SSSR count). The average Bonchev–Trinajstić information content (AvgIpc) is 2.05. The largest absolute Gasteiger partial charge is 0.292 e. The minimum Gasteiger partial charge on any atom is -0.292 e. The first kappa shape index (κ1) is 9.23. The Morgan fingerprint density at radius 2 is 1.75 bits per heavy atom. The summed E-state index contributed by atoms with van der Waals surface area (Å²) >= 11 is 0. The van der Waals surface area contributed by atoms with Gasteiger partial charge in [0.05, 0.1) is 0 Å². The fourth-order valence-corrected chi connectivity index (χ4v) is 1.10. The maximum Gasteiger partial charge on any atom is 0.101 e. The monoisotopic (exact) mass is 165 g/mol. The molecule has 2 nitrogen and oxygen atoms in total. The van der Waals surface area contributed by atoms with Crippen LogP contribution < -0.4 is 0 Å². The summed E-state index contributed by atoms with van der Waals surface area (Å²) in [5.74, 6) is 0. The van der Waals surface area contributed by atoms with E-state index < -0.39 is 0 Å². The Morgan fingerprint density at radius 3 is 2.25 bits per heavy atom. The minimum absolute atomic E-state index is 0.126. The molecule has 1 atom stereocenters. The molecule has 0 amide bonds. The van der Waals surface area contributed by atoms with Gasteiger partial charge in [0.2, 0.25) is 0 Å². The van der Waals surface area contributed by atoms with E-state index in [1.807, 2.05) is 39.2 Å². The zero-order valence-corrected chi connectivity index (χ0v) is 7.82. The molecule has 1 aromatic rings. The van der Waals surface area contributed by atoms with E-state index in [9.17, 15) is 0 Å². The summed E-state index contributed by atoms with van der Waals surface area (Å²) in [6, 6.07) is 10.2. The molecule has 0 saturated carbocycles. The highest BCUT2D eigenvalue weighted by Gasteiger charge is 2.05. The lowest BCUT2D eigenvalue weighted by atomic mass is 10.1. The van der Waals surface area contributed by atoms with Crippen LogP contribution in [0.25, 0.3) is 0 Å². The summed E-state index contributed by atoms with van der Waals surface area (Å²) in [5, 5.41) is 1.72. The van der Waals surface area contributed by atoms with Gasteiger partial charge >= 0.3 is 0 Å². The van der Waals surface area contributed by atoms with E-state index in [0.717, 1.165) is 0 Å². The molecular weight excluding hydrogens is 150 g/mol. The fraction of sp³-hybridized carbons (Fsp3) is 0.400. The second-order valence-corrected chi connectivity index (χ2v) is 2.97. The Morgan fingerprint density at radius 1 is 1.17 bits per heavy atom. The molecule has 0 aliphatic heterocycles. The van der Waals surface area contributed by atoms with E-state index in [0.29, 0.717) is 0 Å². The van der Waals surface area contributed by atoms with Crippen LogP contribution in [0.1, 0.15) is 18.6 Å². The first-order valence-corrected chi connectivity index (χ1v) is 4.09. The van der Waals surface area contributed by atoms with Crippen molar-refractivity contribution in [1.82, 2.24) is 5.06 Å². The van der Waals surface area contributed by atoms with Gasteiger partial charge in [-0.1, -0.05) is 30.3 Å².